The molecule has 1 N–H and O–H groups in total. The van der Waals surface area contributed by atoms with Crippen LogP contribution in [0.2, 0.25) is 0 Å². The van der Waals surface area contributed by atoms with E-state index in [4.69, 9.17) is 0 Å². The van der Waals surface area contributed by atoms with Gasteiger partial charge in [-0.1, -0.05) is 13.8 Å². The molecule has 1 aliphatic heterocycles. The molecular formula is C22H24N4O3S2. The zero-order chi connectivity index (χ0) is 22.0. The van der Waals surface area contributed by atoms with Gasteiger partial charge in [-0.25, -0.2) is 13.4 Å². The molecule has 2 aromatic heterocycles. The van der Waals surface area contributed by atoms with Crippen LogP contribution in [0.5, 0.6) is 0 Å². The molecular weight excluding hydrogens is 432 g/mol. The molecule has 0 radical (unpaired) electrons. The highest BCUT2D eigenvalue weighted by Gasteiger charge is 2.31. The van der Waals surface area contributed by atoms with Crippen LogP contribution in [0.3, 0.4) is 0 Å². The van der Waals surface area contributed by atoms with Gasteiger partial charge in [-0.2, -0.15) is 4.31 Å². The molecule has 2 atom stereocenters. The first-order chi connectivity index (χ1) is 14.8. The second-order valence-electron chi connectivity index (χ2n) is 8.02. The number of hydrogen-bond acceptors (Lipinski definition) is 6. The third-order valence-electron chi connectivity index (χ3n) is 5.29. The van der Waals surface area contributed by atoms with Crippen LogP contribution in [0.4, 0.5) is 5.13 Å². The summed E-state index contributed by atoms with van der Waals surface area (Å²) in [5.41, 5.74) is 2.05. The lowest BCUT2D eigenvalue weighted by molar-refractivity contribution is 0.102. The van der Waals surface area contributed by atoms with Crippen molar-refractivity contribution in [2.45, 2.75) is 25.2 Å². The van der Waals surface area contributed by atoms with Crippen molar-refractivity contribution in [1.82, 2.24) is 14.3 Å². The number of nitrogens with zero attached hydrogens (tertiary/aromatic N) is 3. The molecule has 0 unspecified atom stereocenters. The molecule has 9 heteroatoms. The number of carbonyl (C=O) groups is 1. The van der Waals surface area contributed by atoms with Gasteiger partial charge in [-0.15, -0.1) is 11.3 Å². The third-order valence-corrected chi connectivity index (χ3v) is 7.89. The smallest absolute Gasteiger partial charge is 0.257 e. The average molecular weight is 457 g/mol. The molecule has 7 nitrogen and oxygen atoms in total. The summed E-state index contributed by atoms with van der Waals surface area (Å²) in [6.07, 6.45) is 4.41. The van der Waals surface area contributed by atoms with Crippen LogP contribution in [0.15, 0.2) is 59.1 Å². The van der Waals surface area contributed by atoms with E-state index in [0.717, 1.165) is 17.7 Å². The van der Waals surface area contributed by atoms with Crippen molar-refractivity contribution in [1.29, 1.82) is 0 Å². The van der Waals surface area contributed by atoms with Crippen LogP contribution in [0.1, 0.15) is 30.6 Å². The Kier molecular flexibility index (Phi) is 6.17. The maximum atomic E-state index is 13.0. The zero-order valence-corrected chi connectivity index (χ0v) is 19.0. The first-order valence-corrected chi connectivity index (χ1v) is 12.4. The van der Waals surface area contributed by atoms with Crippen molar-refractivity contribution in [3.05, 3.63) is 59.7 Å². The molecule has 1 aliphatic rings. The van der Waals surface area contributed by atoms with Crippen LogP contribution in [0, 0.1) is 11.8 Å². The fourth-order valence-corrected chi connectivity index (χ4v) is 6.28. The summed E-state index contributed by atoms with van der Waals surface area (Å²) in [6.45, 7) is 5.20. The third kappa shape index (κ3) is 4.84. The predicted octanol–water partition coefficient (Wildman–Crippen LogP) is 4.12. The second-order valence-corrected chi connectivity index (χ2v) is 10.8. The molecule has 1 fully saturated rings. The van der Waals surface area contributed by atoms with Gasteiger partial charge in [-0.3, -0.25) is 15.1 Å². The van der Waals surface area contributed by atoms with Crippen molar-refractivity contribution < 1.29 is 13.2 Å². The number of benzene rings is 1. The summed E-state index contributed by atoms with van der Waals surface area (Å²) in [5.74, 6) is 0.331. The van der Waals surface area contributed by atoms with Crippen LogP contribution in [-0.4, -0.2) is 41.7 Å². The normalized spacial score (nSPS) is 19.8. The number of hydrogen-bond donors (Lipinski definition) is 1. The number of thiazole rings is 1. The van der Waals surface area contributed by atoms with E-state index in [1.54, 1.807) is 16.7 Å². The average Bonchev–Trinajstić information content (AvgIpc) is 3.22. The van der Waals surface area contributed by atoms with E-state index in [2.05, 4.69) is 29.1 Å². The minimum Gasteiger partial charge on any atom is -0.298 e. The summed E-state index contributed by atoms with van der Waals surface area (Å²) in [6, 6.07) is 9.77. The number of amides is 1. The molecule has 1 aromatic carbocycles. The fraction of sp³-hybridized carbons (Fsp3) is 0.318. The van der Waals surface area contributed by atoms with Crippen LogP contribution >= 0.6 is 11.3 Å². The monoisotopic (exact) mass is 456 g/mol. The number of pyridine rings is 1. The Balaban J connectivity index is 1.45. The van der Waals surface area contributed by atoms with E-state index in [-0.39, 0.29) is 10.8 Å². The molecule has 3 heterocycles. The van der Waals surface area contributed by atoms with Gasteiger partial charge < -0.3 is 0 Å². The predicted molar refractivity (Wildman–Crippen MR) is 121 cm³/mol. The lowest BCUT2D eigenvalue weighted by atomic mass is 9.94. The molecule has 1 amide bonds. The van der Waals surface area contributed by atoms with Crippen molar-refractivity contribution in [2.24, 2.45) is 11.8 Å². The topological polar surface area (TPSA) is 92.3 Å². The largest absolute Gasteiger partial charge is 0.298 e. The number of aromatic nitrogens is 2. The molecule has 31 heavy (non-hydrogen) atoms. The summed E-state index contributed by atoms with van der Waals surface area (Å²) in [7, 11) is -3.57. The summed E-state index contributed by atoms with van der Waals surface area (Å²) < 4.78 is 27.6. The Labute approximate surface area is 186 Å². The Morgan fingerprint density at radius 2 is 1.71 bits per heavy atom. The van der Waals surface area contributed by atoms with Gasteiger partial charge in [0.05, 0.1) is 10.6 Å². The van der Waals surface area contributed by atoms with Gasteiger partial charge in [0.15, 0.2) is 5.13 Å². The molecule has 162 valence electrons. The van der Waals surface area contributed by atoms with Gasteiger partial charge in [0.25, 0.3) is 5.91 Å². The lowest BCUT2D eigenvalue weighted by Crippen LogP contribution is -2.42. The molecule has 0 saturated carbocycles. The molecule has 0 spiro atoms. The number of sulfonamides is 1. The van der Waals surface area contributed by atoms with E-state index in [0.29, 0.717) is 35.6 Å². The first kappa shape index (κ1) is 21.6. The SMILES string of the molecule is C[C@@H]1C[C@H](C)CN(S(=O)(=O)c2ccc(C(=O)Nc3nc(-c4ccncc4)cs3)cc2)C1. The van der Waals surface area contributed by atoms with Gasteiger partial charge in [0, 0.05) is 42.0 Å². The zero-order valence-electron chi connectivity index (χ0n) is 17.4. The number of carbonyl (C=O) groups excluding carboxylic acids is 1. The fourth-order valence-electron chi connectivity index (χ4n) is 3.89. The number of piperidine rings is 1. The molecule has 4 rings (SSSR count). The molecule has 0 aliphatic carbocycles. The van der Waals surface area contributed by atoms with E-state index in [9.17, 15) is 13.2 Å². The summed E-state index contributed by atoms with van der Waals surface area (Å²) in [4.78, 5) is 21.2. The van der Waals surface area contributed by atoms with Gasteiger partial charge >= 0.3 is 0 Å². The number of anilines is 1. The van der Waals surface area contributed by atoms with E-state index in [1.807, 2.05) is 17.5 Å². The minimum absolute atomic E-state index is 0.208. The summed E-state index contributed by atoms with van der Waals surface area (Å²) >= 11 is 1.33. The molecule has 3 aromatic rings. The second kappa shape index (κ2) is 8.86. The molecule has 0 bridgehead atoms. The molecule has 1 saturated heterocycles. The van der Waals surface area contributed by atoms with Crippen LogP contribution < -0.4 is 5.32 Å². The Hall–Kier alpha value is -2.62. The van der Waals surface area contributed by atoms with Crippen molar-refractivity contribution >= 4 is 32.4 Å². The Bertz CT molecular complexity index is 1150. The van der Waals surface area contributed by atoms with Crippen molar-refractivity contribution in [3.8, 4) is 11.3 Å². The quantitative estimate of drug-likeness (QED) is 0.623. The lowest BCUT2D eigenvalue weighted by Gasteiger charge is -2.34. The highest BCUT2D eigenvalue weighted by molar-refractivity contribution is 7.89. The van der Waals surface area contributed by atoms with Crippen LogP contribution in [0.25, 0.3) is 11.3 Å². The minimum atomic E-state index is -3.57. The van der Waals surface area contributed by atoms with Gasteiger partial charge in [0.2, 0.25) is 10.0 Å². The van der Waals surface area contributed by atoms with Crippen molar-refractivity contribution in [2.75, 3.05) is 18.4 Å². The van der Waals surface area contributed by atoms with Gasteiger partial charge in [-0.05, 0) is 54.7 Å². The first-order valence-electron chi connectivity index (χ1n) is 10.1. The maximum Gasteiger partial charge on any atom is 0.257 e. The standard InChI is InChI=1S/C22H24N4O3S2/c1-15-11-16(2)13-26(12-15)31(28,29)19-5-3-18(4-6-19)21(27)25-22-24-20(14-30-22)17-7-9-23-10-8-17/h3-10,14-16H,11-13H2,1-2H3,(H,24,25,27)/t15-,16+. The highest BCUT2D eigenvalue weighted by atomic mass is 32.2. The van der Waals surface area contributed by atoms with Gasteiger partial charge in [0.1, 0.15) is 0 Å². The Morgan fingerprint density at radius 1 is 1.06 bits per heavy atom. The van der Waals surface area contributed by atoms with Crippen molar-refractivity contribution in [3.63, 3.8) is 0 Å². The maximum absolute atomic E-state index is 13.0. The Morgan fingerprint density at radius 3 is 2.35 bits per heavy atom. The van der Waals surface area contributed by atoms with E-state index in [1.165, 1.54) is 35.6 Å². The highest BCUT2D eigenvalue weighted by Crippen LogP contribution is 2.27. The van der Waals surface area contributed by atoms with Crippen LogP contribution in [-0.2, 0) is 10.0 Å². The van der Waals surface area contributed by atoms with E-state index >= 15 is 0 Å². The number of nitrogens with one attached hydrogen (secondary N) is 1. The summed E-state index contributed by atoms with van der Waals surface area (Å²) in [5, 5.41) is 5.11. The number of rotatable bonds is 5. The van der Waals surface area contributed by atoms with E-state index < -0.39 is 10.0 Å².